The molecule has 1 nitrogen and oxygen atoms in total. The van der Waals surface area contributed by atoms with E-state index in [9.17, 15) is 0 Å². The summed E-state index contributed by atoms with van der Waals surface area (Å²) in [5, 5.41) is 3.57. The Morgan fingerprint density at radius 3 is 2.18 bits per heavy atom. The van der Waals surface area contributed by atoms with E-state index in [-0.39, 0.29) is 0 Å². The summed E-state index contributed by atoms with van der Waals surface area (Å²) >= 11 is 0. The minimum atomic E-state index is 0.752. The third-order valence-electron chi connectivity index (χ3n) is 1.94. The van der Waals surface area contributed by atoms with Crippen LogP contribution in [0.5, 0.6) is 0 Å². The van der Waals surface area contributed by atoms with E-state index in [2.05, 4.69) is 33.0 Å². The Morgan fingerprint density at radius 1 is 1.18 bits per heavy atom. The molecule has 0 aromatic rings. The van der Waals surface area contributed by atoms with E-state index in [1.165, 1.54) is 25.8 Å². The van der Waals surface area contributed by atoms with Gasteiger partial charge in [0.15, 0.2) is 0 Å². The summed E-state index contributed by atoms with van der Waals surface area (Å²) in [4.78, 5) is 0. The molecule has 0 aliphatic heterocycles. The quantitative estimate of drug-likeness (QED) is 0.625. The Kier molecular flexibility index (Phi) is 6.63. The van der Waals surface area contributed by atoms with Gasteiger partial charge in [-0.05, 0) is 25.3 Å². The van der Waals surface area contributed by atoms with Gasteiger partial charge in [-0.1, -0.05) is 34.1 Å². The lowest BCUT2D eigenvalue weighted by Crippen LogP contribution is -2.31. The topological polar surface area (TPSA) is 12.0 Å². The van der Waals surface area contributed by atoms with Crippen LogP contribution in [0, 0.1) is 5.92 Å². The van der Waals surface area contributed by atoms with Gasteiger partial charge in [-0.25, -0.2) is 0 Å². The Bertz CT molecular complexity index is 78.9. The SMILES string of the molecule is CCCC(CC)NCC(C)C. The molecule has 1 atom stereocenters. The highest BCUT2D eigenvalue weighted by Gasteiger charge is 2.03. The van der Waals surface area contributed by atoms with E-state index in [1.54, 1.807) is 0 Å². The normalized spacial score (nSPS) is 13.9. The lowest BCUT2D eigenvalue weighted by atomic mass is 10.1. The Balaban J connectivity index is 3.35. The Hall–Kier alpha value is -0.0400. The molecule has 1 N–H and O–H groups in total. The summed E-state index contributed by atoms with van der Waals surface area (Å²) in [5.74, 6) is 0.779. The van der Waals surface area contributed by atoms with E-state index >= 15 is 0 Å². The van der Waals surface area contributed by atoms with Crippen molar-refractivity contribution in [1.29, 1.82) is 0 Å². The third kappa shape index (κ3) is 6.36. The molecule has 0 bridgehead atoms. The standard InChI is InChI=1S/C10H23N/c1-5-7-10(6-2)11-8-9(3)4/h9-11H,5-8H2,1-4H3. The molecular weight excluding hydrogens is 134 g/mol. The van der Waals surface area contributed by atoms with Gasteiger partial charge in [0.1, 0.15) is 0 Å². The Morgan fingerprint density at radius 2 is 1.82 bits per heavy atom. The molecule has 0 saturated heterocycles. The molecule has 0 aliphatic carbocycles. The van der Waals surface area contributed by atoms with Gasteiger partial charge in [0.25, 0.3) is 0 Å². The van der Waals surface area contributed by atoms with Gasteiger partial charge in [0.2, 0.25) is 0 Å². The predicted molar refractivity (Wildman–Crippen MR) is 51.8 cm³/mol. The second-order valence-electron chi connectivity index (χ2n) is 3.70. The molecule has 0 aromatic heterocycles. The fourth-order valence-corrected chi connectivity index (χ4v) is 1.20. The van der Waals surface area contributed by atoms with E-state index in [0.29, 0.717) is 0 Å². The summed E-state index contributed by atoms with van der Waals surface area (Å²) < 4.78 is 0. The van der Waals surface area contributed by atoms with Gasteiger partial charge in [-0.15, -0.1) is 0 Å². The number of hydrogen-bond donors (Lipinski definition) is 1. The smallest absolute Gasteiger partial charge is 0.00644 e. The van der Waals surface area contributed by atoms with Crippen LogP contribution >= 0.6 is 0 Å². The molecule has 0 saturated carbocycles. The molecule has 0 spiro atoms. The van der Waals surface area contributed by atoms with Gasteiger partial charge in [0, 0.05) is 6.04 Å². The van der Waals surface area contributed by atoms with Crippen molar-refractivity contribution in [2.75, 3.05) is 6.54 Å². The zero-order valence-corrected chi connectivity index (χ0v) is 8.48. The van der Waals surface area contributed by atoms with Crippen molar-refractivity contribution < 1.29 is 0 Å². The first-order chi connectivity index (χ1) is 5.20. The van der Waals surface area contributed by atoms with E-state index in [1.807, 2.05) is 0 Å². The highest BCUT2D eigenvalue weighted by atomic mass is 14.9. The van der Waals surface area contributed by atoms with Crippen molar-refractivity contribution in [2.24, 2.45) is 5.92 Å². The summed E-state index contributed by atoms with van der Waals surface area (Å²) in [5.41, 5.74) is 0. The maximum atomic E-state index is 3.57. The predicted octanol–water partition coefficient (Wildman–Crippen LogP) is 2.81. The monoisotopic (exact) mass is 157 g/mol. The average molecular weight is 157 g/mol. The minimum Gasteiger partial charge on any atom is -0.314 e. The molecule has 0 radical (unpaired) electrons. The third-order valence-corrected chi connectivity index (χ3v) is 1.94. The molecule has 68 valence electrons. The van der Waals surface area contributed by atoms with Crippen LogP contribution in [-0.4, -0.2) is 12.6 Å². The van der Waals surface area contributed by atoms with Crippen molar-refractivity contribution in [3.63, 3.8) is 0 Å². The number of rotatable bonds is 6. The highest BCUT2D eigenvalue weighted by molar-refractivity contribution is 4.64. The molecule has 0 heterocycles. The van der Waals surface area contributed by atoms with Crippen LogP contribution in [-0.2, 0) is 0 Å². The van der Waals surface area contributed by atoms with Crippen LogP contribution in [0.15, 0.2) is 0 Å². The first kappa shape index (κ1) is 11.0. The summed E-state index contributed by atoms with van der Waals surface area (Å²) in [6.07, 6.45) is 3.88. The van der Waals surface area contributed by atoms with Crippen LogP contribution in [0.25, 0.3) is 0 Å². The van der Waals surface area contributed by atoms with Crippen LogP contribution < -0.4 is 5.32 Å². The first-order valence-electron chi connectivity index (χ1n) is 4.94. The van der Waals surface area contributed by atoms with Gasteiger partial charge >= 0.3 is 0 Å². The fraction of sp³-hybridized carbons (Fsp3) is 1.00. The summed E-state index contributed by atoms with van der Waals surface area (Å²) in [7, 11) is 0. The lowest BCUT2D eigenvalue weighted by molar-refractivity contribution is 0.428. The zero-order chi connectivity index (χ0) is 8.69. The molecule has 0 amide bonds. The number of hydrogen-bond acceptors (Lipinski definition) is 1. The molecule has 11 heavy (non-hydrogen) atoms. The largest absolute Gasteiger partial charge is 0.314 e. The lowest BCUT2D eigenvalue weighted by Gasteiger charge is -2.17. The molecule has 0 aliphatic rings. The highest BCUT2D eigenvalue weighted by Crippen LogP contribution is 2.01. The average Bonchev–Trinajstić information content (AvgIpc) is 1.97. The molecular formula is C10H23N. The Labute approximate surface area is 71.6 Å². The fourth-order valence-electron chi connectivity index (χ4n) is 1.20. The van der Waals surface area contributed by atoms with Crippen molar-refractivity contribution >= 4 is 0 Å². The van der Waals surface area contributed by atoms with Crippen molar-refractivity contribution in [3.8, 4) is 0 Å². The van der Waals surface area contributed by atoms with Gasteiger partial charge < -0.3 is 5.32 Å². The molecule has 1 heteroatoms. The maximum absolute atomic E-state index is 3.57. The van der Waals surface area contributed by atoms with Crippen molar-refractivity contribution in [1.82, 2.24) is 5.32 Å². The van der Waals surface area contributed by atoms with Gasteiger partial charge in [-0.3, -0.25) is 0 Å². The second-order valence-corrected chi connectivity index (χ2v) is 3.70. The van der Waals surface area contributed by atoms with Crippen molar-refractivity contribution in [2.45, 2.75) is 53.0 Å². The molecule has 0 rings (SSSR count). The molecule has 0 aromatic carbocycles. The van der Waals surface area contributed by atoms with Crippen LogP contribution in [0.4, 0.5) is 0 Å². The van der Waals surface area contributed by atoms with E-state index in [4.69, 9.17) is 0 Å². The summed E-state index contributed by atoms with van der Waals surface area (Å²) in [6, 6.07) is 0.752. The molecule has 1 unspecified atom stereocenters. The first-order valence-corrected chi connectivity index (χ1v) is 4.94. The minimum absolute atomic E-state index is 0.752. The summed E-state index contributed by atoms with van der Waals surface area (Å²) in [6.45, 7) is 10.2. The zero-order valence-electron chi connectivity index (χ0n) is 8.48. The van der Waals surface area contributed by atoms with Crippen LogP contribution in [0.1, 0.15) is 47.0 Å². The maximum Gasteiger partial charge on any atom is 0.00644 e. The van der Waals surface area contributed by atoms with Crippen molar-refractivity contribution in [3.05, 3.63) is 0 Å². The van der Waals surface area contributed by atoms with Crippen LogP contribution in [0.2, 0.25) is 0 Å². The van der Waals surface area contributed by atoms with Crippen LogP contribution in [0.3, 0.4) is 0 Å². The molecule has 0 fully saturated rings. The van der Waals surface area contributed by atoms with Gasteiger partial charge in [-0.2, -0.15) is 0 Å². The second kappa shape index (κ2) is 6.66. The van der Waals surface area contributed by atoms with Gasteiger partial charge in [0.05, 0.1) is 0 Å². The van der Waals surface area contributed by atoms with E-state index < -0.39 is 0 Å². The number of nitrogens with one attached hydrogen (secondary N) is 1. The van der Waals surface area contributed by atoms with E-state index in [0.717, 1.165) is 12.0 Å².